The second kappa shape index (κ2) is 9.59. The molecule has 6 nitrogen and oxygen atoms in total. The Morgan fingerprint density at radius 3 is 2.54 bits per heavy atom. The average molecular weight is 379 g/mol. The van der Waals surface area contributed by atoms with Crippen molar-refractivity contribution in [2.75, 3.05) is 33.3 Å². The van der Waals surface area contributed by atoms with Crippen LogP contribution in [0.1, 0.15) is 30.3 Å². The van der Waals surface area contributed by atoms with Crippen LogP contribution in [0.5, 0.6) is 5.75 Å². The molecule has 7 heteroatoms. The van der Waals surface area contributed by atoms with E-state index in [1.165, 1.54) is 0 Å². The van der Waals surface area contributed by atoms with Crippen molar-refractivity contribution in [2.24, 2.45) is 5.92 Å². The van der Waals surface area contributed by atoms with Crippen LogP contribution in [-0.4, -0.2) is 53.9 Å². The molecule has 2 aromatic rings. The molecule has 0 radical (unpaired) electrons. The number of hydrogen-bond donors (Lipinski definition) is 1. The number of likely N-dealkylation sites (tertiary alicyclic amines) is 1. The van der Waals surface area contributed by atoms with Crippen molar-refractivity contribution in [2.45, 2.75) is 19.8 Å². The minimum atomic E-state index is 0. The maximum Gasteiger partial charge on any atom is 0.274 e. The molecule has 0 aliphatic carbocycles. The first-order valence-electron chi connectivity index (χ1n) is 8.91. The molecule has 3 rings (SSSR count). The van der Waals surface area contributed by atoms with Gasteiger partial charge in [-0.15, -0.1) is 12.4 Å². The van der Waals surface area contributed by atoms with Gasteiger partial charge in [-0.05, 0) is 62.2 Å². The summed E-state index contributed by atoms with van der Waals surface area (Å²) in [7, 11) is 1.64. The van der Waals surface area contributed by atoms with Crippen LogP contribution >= 0.6 is 12.4 Å². The third kappa shape index (κ3) is 4.77. The normalized spacial score (nSPS) is 14.8. The number of halogens is 1. The minimum absolute atomic E-state index is 0. The molecular weight excluding hydrogens is 352 g/mol. The average Bonchev–Trinajstić information content (AvgIpc) is 3.16. The fraction of sp³-hybridized carbons (Fsp3) is 0.474. The molecule has 1 fully saturated rings. The summed E-state index contributed by atoms with van der Waals surface area (Å²) in [5.41, 5.74) is 1.41. The van der Waals surface area contributed by atoms with Crippen LogP contribution in [0, 0.1) is 5.92 Å². The lowest BCUT2D eigenvalue weighted by Crippen LogP contribution is -2.41. The first kappa shape index (κ1) is 20.3. The molecule has 0 saturated carbocycles. The number of carbonyl (C=O) groups excluding carboxylic acids is 1. The summed E-state index contributed by atoms with van der Waals surface area (Å²) in [5.74, 6) is 1.49. The number of carbonyl (C=O) groups is 1. The molecule has 1 amide bonds. The van der Waals surface area contributed by atoms with E-state index < -0.39 is 0 Å². The van der Waals surface area contributed by atoms with E-state index in [1.807, 2.05) is 35.4 Å². The zero-order valence-corrected chi connectivity index (χ0v) is 16.2. The number of nitrogens with one attached hydrogen (secondary N) is 1. The molecule has 1 saturated heterocycles. The Bertz CT molecular complexity index is 694. The number of piperidine rings is 1. The van der Waals surface area contributed by atoms with Crippen molar-refractivity contribution < 1.29 is 9.53 Å². The van der Waals surface area contributed by atoms with E-state index in [4.69, 9.17) is 4.74 Å². The van der Waals surface area contributed by atoms with Crippen molar-refractivity contribution in [3.8, 4) is 11.4 Å². The molecule has 0 atom stereocenters. The summed E-state index contributed by atoms with van der Waals surface area (Å²) >= 11 is 0. The number of amides is 1. The zero-order chi connectivity index (χ0) is 17.6. The molecule has 1 aromatic heterocycles. The van der Waals surface area contributed by atoms with E-state index >= 15 is 0 Å². The van der Waals surface area contributed by atoms with E-state index in [2.05, 4.69) is 17.3 Å². The van der Waals surface area contributed by atoms with Gasteiger partial charge < -0.3 is 15.0 Å². The van der Waals surface area contributed by atoms with Crippen molar-refractivity contribution >= 4 is 18.3 Å². The number of ether oxygens (including phenoxy) is 1. The lowest BCUT2D eigenvalue weighted by Gasteiger charge is -2.31. The minimum Gasteiger partial charge on any atom is -0.497 e. The van der Waals surface area contributed by atoms with Crippen LogP contribution in [-0.2, 0) is 0 Å². The number of rotatable bonds is 6. The van der Waals surface area contributed by atoms with E-state index in [1.54, 1.807) is 17.9 Å². The van der Waals surface area contributed by atoms with Gasteiger partial charge >= 0.3 is 0 Å². The Morgan fingerprint density at radius 2 is 1.92 bits per heavy atom. The molecule has 1 aliphatic heterocycles. The van der Waals surface area contributed by atoms with Crippen LogP contribution in [0.2, 0.25) is 0 Å². The van der Waals surface area contributed by atoms with Crippen molar-refractivity contribution in [1.29, 1.82) is 0 Å². The molecule has 0 unspecified atom stereocenters. The van der Waals surface area contributed by atoms with Gasteiger partial charge in [-0.1, -0.05) is 6.92 Å². The molecule has 1 N–H and O–H groups in total. The highest BCUT2D eigenvalue weighted by Gasteiger charge is 2.24. The highest BCUT2D eigenvalue weighted by Crippen LogP contribution is 2.19. The predicted octanol–water partition coefficient (Wildman–Crippen LogP) is 2.76. The van der Waals surface area contributed by atoms with Crippen LogP contribution < -0.4 is 10.1 Å². The van der Waals surface area contributed by atoms with Gasteiger partial charge in [0.05, 0.1) is 12.8 Å². The fourth-order valence-corrected chi connectivity index (χ4v) is 3.17. The highest BCUT2D eigenvalue weighted by molar-refractivity contribution is 5.92. The lowest BCUT2D eigenvalue weighted by atomic mass is 9.96. The summed E-state index contributed by atoms with van der Waals surface area (Å²) in [4.78, 5) is 14.6. The van der Waals surface area contributed by atoms with E-state index in [9.17, 15) is 4.79 Å². The molecule has 142 valence electrons. The Kier molecular flexibility index (Phi) is 7.48. The van der Waals surface area contributed by atoms with Crippen LogP contribution in [0.15, 0.2) is 36.5 Å². The van der Waals surface area contributed by atoms with Gasteiger partial charge in [0.1, 0.15) is 5.75 Å². The van der Waals surface area contributed by atoms with Gasteiger partial charge in [0.25, 0.3) is 5.91 Å². The standard InChI is InChI=1S/C19H26N4O2.ClH/c1-3-20-14-15-8-11-22(12-9-15)19(24)18-10-13-23(21-18)16-4-6-17(25-2)7-5-16;/h4-7,10,13,15,20H,3,8-9,11-12,14H2,1-2H3;1H. The first-order chi connectivity index (χ1) is 12.2. The summed E-state index contributed by atoms with van der Waals surface area (Å²) in [5, 5.41) is 7.85. The van der Waals surface area contributed by atoms with Gasteiger partial charge in [0.15, 0.2) is 5.69 Å². The SMILES string of the molecule is CCNCC1CCN(C(=O)c2ccn(-c3ccc(OC)cc3)n2)CC1.Cl. The molecular formula is C19H27ClN4O2. The smallest absolute Gasteiger partial charge is 0.274 e. The Balaban J connectivity index is 0.00000243. The third-order valence-electron chi connectivity index (χ3n) is 4.73. The molecule has 1 aliphatic rings. The molecule has 2 heterocycles. The monoisotopic (exact) mass is 378 g/mol. The molecule has 26 heavy (non-hydrogen) atoms. The van der Waals surface area contributed by atoms with Crippen LogP contribution in [0.4, 0.5) is 0 Å². The van der Waals surface area contributed by atoms with Crippen molar-refractivity contribution in [3.63, 3.8) is 0 Å². The van der Waals surface area contributed by atoms with E-state index in [0.29, 0.717) is 11.6 Å². The number of aromatic nitrogens is 2. The molecule has 0 bridgehead atoms. The summed E-state index contributed by atoms with van der Waals surface area (Å²) < 4.78 is 6.89. The van der Waals surface area contributed by atoms with Gasteiger partial charge in [-0.2, -0.15) is 5.10 Å². The second-order valence-corrected chi connectivity index (χ2v) is 6.39. The summed E-state index contributed by atoms with van der Waals surface area (Å²) in [6.45, 7) is 5.79. The summed E-state index contributed by atoms with van der Waals surface area (Å²) in [6, 6.07) is 9.40. The van der Waals surface area contributed by atoms with Crippen LogP contribution in [0.3, 0.4) is 0 Å². The molecule has 1 aromatic carbocycles. The van der Waals surface area contributed by atoms with Crippen LogP contribution in [0.25, 0.3) is 5.69 Å². The quantitative estimate of drug-likeness (QED) is 0.839. The Morgan fingerprint density at radius 1 is 1.23 bits per heavy atom. The highest BCUT2D eigenvalue weighted by atomic mass is 35.5. The number of methoxy groups -OCH3 is 1. The van der Waals surface area contributed by atoms with E-state index in [-0.39, 0.29) is 18.3 Å². The van der Waals surface area contributed by atoms with Gasteiger partial charge in [0, 0.05) is 19.3 Å². The summed E-state index contributed by atoms with van der Waals surface area (Å²) in [6.07, 6.45) is 3.93. The van der Waals surface area contributed by atoms with Crippen molar-refractivity contribution in [1.82, 2.24) is 20.0 Å². The maximum atomic E-state index is 12.7. The topological polar surface area (TPSA) is 59.4 Å². The first-order valence-corrected chi connectivity index (χ1v) is 8.91. The number of hydrogen-bond acceptors (Lipinski definition) is 4. The van der Waals surface area contributed by atoms with Gasteiger partial charge in [-0.3, -0.25) is 4.79 Å². The number of nitrogens with zero attached hydrogens (tertiary/aromatic N) is 3. The Hall–Kier alpha value is -2.05. The number of benzene rings is 1. The zero-order valence-electron chi connectivity index (χ0n) is 15.4. The largest absolute Gasteiger partial charge is 0.497 e. The second-order valence-electron chi connectivity index (χ2n) is 6.39. The maximum absolute atomic E-state index is 12.7. The van der Waals surface area contributed by atoms with E-state index in [0.717, 1.165) is 50.5 Å². The Labute approximate surface area is 160 Å². The van der Waals surface area contributed by atoms with Gasteiger partial charge in [-0.25, -0.2) is 4.68 Å². The fourth-order valence-electron chi connectivity index (χ4n) is 3.17. The van der Waals surface area contributed by atoms with Crippen molar-refractivity contribution in [3.05, 3.63) is 42.2 Å². The van der Waals surface area contributed by atoms with Gasteiger partial charge in [0.2, 0.25) is 0 Å². The predicted molar refractivity (Wildman–Crippen MR) is 105 cm³/mol. The molecule has 0 spiro atoms. The third-order valence-corrected chi connectivity index (χ3v) is 4.73. The lowest BCUT2D eigenvalue weighted by molar-refractivity contribution is 0.0684.